The van der Waals surface area contributed by atoms with Gasteiger partial charge in [-0.05, 0) is 12.3 Å². The minimum atomic E-state index is -0.835. The maximum absolute atomic E-state index is 11.8. The first-order valence-electron chi connectivity index (χ1n) is 8.39. The number of carboxylic acid groups (broad SMARTS) is 1. The molecular formula is C15H29BN4O3S. The monoisotopic (exact) mass is 356 g/mol. The summed E-state index contributed by atoms with van der Waals surface area (Å²) in [7, 11) is 1.90. The third kappa shape index (κ3) is 4.81. The zero-order chi connectivity index (χ0) is 18.4. The van der Waals surface area contributed by atoms with Gasteiger partial charge in [-0.25, -0.2) is 11.6 Å². The number of carbonyl (C=O) groups excluding carboxylic acids is 1. The highest BCUT2D eigenvalue weighted by atomic mass is 32.2. The summed E-state index contributed by atoms with van der Waals surface area (Å²) < 4.78 is 0. The first-order valence-corrected chi connectivity index (χ1v) is 9.68. The minimum absolute atomic E-state index is 0.0983. The van der Waals surface area contributed by atoms with E-state index in [1.54, 1.807) is 0 Å². The molecule has 0 saturated heterocycles. The Bertz CT molecular complexity index is 476. The van der Waals surface area contributed by atoms with Gasteiger partial charge in [0, 0.05) is 30.2 Å². The van der Waals surface area contributed by atoms with Crippen LogP contribution in [0.3, 0.4) is 0 Å². The number of hydrogen-bond acceptors (Lipinski definition) is 4. The number of amides is 1. The second-order valence-corrected chi connectivity index (χ2v) is 7.44. The van der Waals surface area contributed by atoms with Gasteiger partial charge < -0.3 is 21.5 Å². The molecule has 24 heavy (non-hydrogen) atoms. The van der Waals surface area contributed by atoms with Gasteiger partial charge in [0.25, 0.3) is 0 Å². The van der Waals surface area contributed by atoms with Crippen molar-refractivity contribution in [2.24, 2.45) is 23.5 Å². The molecule has 1 fully saturated rings. The molecule has 0 spiro atoms. The zero-order valence-corrected chi connectivity index (χ0v) is 15.7. The highest BCUT2D eigenvalue weighted by molar-refractivity contribution is 8.20. The van der Waals surface area contributed by atoms with Crippen LogP contribution >= 0.6 is 11.6 Å². The van der Waals surface area contributed by atoms with Gasteiger partial charge >= 0.3 is 5.97 Å². The number of rotatable bonds is 8. The van der Waals surface area contributed by atoms with Crippen molar-refractivity contribution in [1.82, 2.24) is 10.6 Å². The molecule has 1 amide bonds. The van der Waals surface area contributed by atoms with Crippen molar-refractivity contribution in [1.29, 1.82) is 5.41 Å². The third-order valence-corrected chi connectivity index (χ3v) is 6.21. The molecule has 0 unspecified atom stereocenters. The van der Waals surface area contributed by atoms with E-state index in [2.05, 4.69) is 24.5 Å². The number of guanidine groups is 1. The summed E-state index contributed by atoms with van der Waals surface area (Å²) in [5.41, 5.74) is 5.52. The van der Waals surface area contributed by atoms with E-state index >= 15 is 0 Å². The van der Waals surface area contributed by atoms with Gasteiger partial charge in [-0.2, -0.15) is 0 Å². The van der Waals surface area contributed by atoms with Crippen molar-refractivity contribution in [3.63, 3.8) is 0 Å². The van der Waals surface area contributed by atoms with Crippen molar-refractivity contribution in [3.05, 3.63) is 0 Å². The SMILES string of the molecule is BS[C@H]1[C@@H]([C@H](NC(C)=O)C(CC)CC)[C@H](NC(=N)N)C[C@@H]1C(=O)O. The summed E-state index contributed by atoms with van der Waals surface area (Å²) in [5, 5.41) is 23.0. The van der Waals surface area contributed by atoms with E-state index in [1.807, 2.05) is 7.12 Å². The molecule has 136 valence electrons. The number of nitrogens with one attached hydrogen (secondary N) is 3. The molecular weight excluding hydrogens is 327 g/mol. The van der Waals surface area contributed by atoms with Crippen LogP contribution in [0.15, 0.2) is 0 Å². The van der Waals surface area contributed by atoms with Gasteiger partial charge in [-0.1, -0.05) is 26.7 Å². The van der Waals surface area contributed by atoms with Crippen molar-refractivity contribution < 1.29 is 14.7 Å². The number of carbonyl (C=O) groups is 2. The van der Waals surface area contributed by atoms with Gasteiger partial charge in [-0.3, -0.25) is 15.0 Å². The number of aliphatic carboxylic acids is 1. The Morgan fingerprint density at radius 1 is 1.42 bits per heavy atom. The molecule has 0 aliphatic heterocycles. The highest BCUT2D eigenvalue weighted by Crippen LogP contribution is 2.43. The molecule has 7 nitrogen and oxygen atoms in total. The Kier molecular flexibility index (Phi) is 7.92. The fraction of sp³-hybridized carbons (Fsp3) is 0.800. The van der Waals surface area contributed by atoms with Gasteiger partial charge in [0.05, 0.1) is 5.92 Å². The fourth-order valence-corrected chi connectivity index (χ4v) is 5.22. The first-order chi connectivity index (χ1) is 11.3. The summed E-state index contributed by atoms with van der Waals surface area (Å²) in [6, 6.07) is -0.380. The van der Waals surface area contributed by atoms with Crippen LogP contribution in [-0.2, 0) is 9.59 Å². The van der Waals surface area contributed by atoms with Crippen molar-refractivity contribution in [2.45, 2.75) is 57.4 Å². The average Bonchev–Trinajstić information content (AvgIpc) is 2.84. The van der Waals surface area contributed by atoms with E-state index in [-0.39, 0.29) is 41.0 Å². The van der Waals surface area contributed by atoms with Gasteiger partial charge in [0.2, 0.25) is 5.91 Å². The van der Waals surface area contributed by atoms with E-state index in [1.165, 1.54) is 18.5 Å². The van der Waals surface area contributed by atoms with Crippen LogP contribution in [0.4, 0.5) is 0 Å². The van der Waals surface area contributed by atoms with Gasteiger partial charge in [-0.15, -0.1) is 0 Å². The van der Waals surface area contributed by atoms with Crippen LogP contribution < -0.4 is 16.4 Å². The van der Waals surface area contributed by atoms with E-state index in [4.69, 9.17) is 11.1 Å². The van der Waals surface area contributed by atoms with E-state index in [0.29, 0.717) is 6.42 Å². The lowest BCUT2D eigenvalue weighted by molar-refractivity contribution is -0.141. The average molecular weight is 356 g/mol. The molecule has 0 heterocycles. The van der Waals surface area contributed by atoms with Crippen molar-refractivity contribution in [3.8, 4) is 0 Å². The second-order valence-electron chi connectivity index (χ2n) is 6.43. The quantitative estimate of drug-likeness (QED) is 0.239. The van der Waals surface area contributed by atoms with Gasteiger partial charge in [0.15, 0.2) is 13.1 Å². The topological polar surface area (TPSA) is 128 Å². The lowest BCUT2D eigenvalue weighted by Gasteiger charge is -2.38. The van der Waals surface area contributed by atoms with E-state index < -0.39 is 11.9 Å². The normalized spacial score (nSPS) is 27.7. The Balaban J connectivity index is 3.25. The second kappa shape index (κ2) is 9.20. The highest BCUT2D eigenvalue weighted by Gasteiger charge is 2.50. The van der Waals surface area contributed by atoms with Crippen LogP contribution in [-0.4, -0.2) is 47.4 Å². The largest absolute Gasteiger partial charge is 0.481 e. The molecule has 0 radical (unpaired) electrons. The van der Waals surface area contributed by atoms with E-state index in [9.17, 15) is 14.7 Å². The lowest BCUT2D eigenvalue weighted by Crippen LogP contribution is -2.54. The predicted octanol–water partition coefficient (Wildman–Crippen LogP) is 0.150. The van der Waals surface area contributed by atoms with Crippen molar-refractivity contribution in [2.75, 3.05) is 0 Å². The fourth-order valence-electron chi connectivity index (χ4n) is 3.99. The smallest absolute Gasteiger partial charge is 0.307 e. The summed E-state index contributed by atoms with van der Waals surface area (Å²) in [6.07, 6.45) is 2.19. The van der Waals surface area contributed by atoms with Gasteiger partial charge in [0.1, 0.15) is 0 Å². The molecule has 1 saturated carbocycles. The number of nitrogens with two attached hydrogens (primary N) is 1. The summed E-state index contributed by atoms with van der Waals surface area (Å²) in [6.45, 7) is 5.64. The molecule has 0 aromatic rings. The van der Waals surface area contributed by atoms with Crippen LogP contribution in [0, 0.1) is 23.2 Å². The molecule has 0 bridgehead atoms. The minimum Gasteiger partial charge on any atom is -0.481 e. The molecule has 6 N–H and O–H groups in total. The summed E-state index contributed by atoms with van der Waals surface area (Å²) in [5.74, 6) is -1.49. The first kappa shape index (κ1) is 20.7. The van der Waals surface area contributed by atoms with E-state index in [0.717, 1.165) is 12.8 Å². The predicted molar refractivity (Wildman–Crippen MR) is 99.7 cm³/mol. The maximum Gasteiger partial charge on any atom is 0.307 e. The zero-order valence-electron chi connectivity index (χ0n) is 14.8. The molecule has 5 atom stereocenters. The molecule has 1 rings (SSSR count). The van der Waals surface area contributed by atoms with Crippen molar-refractivity contribution >= 4 is 36.6 Å². The van der Waals surface area contributed by atoms with Crippen LogP contribution in [0.25, 0.3) is 0 Å². The summed E-state index contributed by atoms with van der Waals surface area (Å²) in [4.78, 5) is 23.5. The van der Waals surface area contributed by atoms with Crippen LogP contribution in [0.5, 0.6) is 0 Å². The Morgan fingerprint density at radius 2 is 2.00 bits per heavy atom. The molecule has 0 aromatic heterocycles. The Hall–Kier alpha value is -1.38. The summed E-state index contributed by atoms with van der Waals surface area (Å²) >= 11 is 1.52. The Labute approximate surface area is 148 Å². The molecule has 0 aromatic carbocycles. The molecule has 9 heteroatoms. The maximum atomic E-state index is 11.8. The lowest BCUT2D eigenvalue weighted by atomic mass is 9.81. The standard InChI is InChI=1S/C15H29BN4O3S/c1-4-8(5-2)12(19-7(3)21)11-10(20-15(17)18)6-9(14(22)23)13(11)24-16/h8-13H,4-6,16H2,1-3H3,(H,19,21)(H,22,23)(H4,17,18,20)/t9-,10+,11+,12+,13+/m0/s1. The third-order valence-electron chi connectivity index (χ3n) is 5.02. The van der Waals surface area contributed by atoms with Crippen LogP contribution in [0.2, 0.25) is 0 Å². The molecule has 1 aliphatic carbocycles. The van der Waals surface area contributed by atoms with Crippen LogP contribution in [0.1, 0.15) is 40.0 Å². The molecule has 1 aliphatic rings. The number of carboxylic acids is 1. The number of hydrogen-bond donors (Lipinski definition) is 5. The Morgan fingerprint density at radius 3 is 2.38 bits per heavy atom.